The highest BCUT2D eigenvalue weighted by molar-refractivity contribution is 5.74. The fraction of sp³-hybridized carbons (Fsp3) is 0.483. The summed E-state index contributed by atoms with van der Waals surface area (Å²) in [4.78, 5) is 29.2. The van der Waals surface area contributed by atoms with E-state index in [0.717, 1.165) is 37.1 Å². The molecule has 5 rings (SSSR count). The molecule has 8 nitrogen and oxygen atoms in total. The molecule has 4 atom stereocenters. The van der Waals surface area contributed by atoms with Gasteiger partial charge in [-0.25, -0.2) is 4.79 Å². The van der Waals surface area contributed by atoms with E-state index in [4.69, 9.17) is 14.2 Å². The molecule has 37 heavy (non-hydrogen) atoms. The zero-order chi connectivity index (χ0) is 26.2. The number of benzene rings is 2. The molecule has 196 valence electrons. The number of rotatable bonds is 7. The van der Waals surface area contributed by atoms with Crippen LogP contribution in [0.4, 0.5) is 0 Å². The summed E-state index contributed by atoms with van der Waals surface area (Å²) in [5.74, 6) is 2.09. The third-order valence-electron chi connectivity index (χ3n) is 7.97. The molecule has 2 aromatic rings. The molecule has 2 aromatic carbocycles. The van der Waals surface area contributed by atoms with Crippen molar-refractivity contribution in [2.45, 2.75) is 44.8 Å². The van der Waals surface area contributed by atoms with Gasteiger partial charge < -0.3 is 19.3 Å². The number of ether oxygens (including phenoxy) is 3. The molecule has 3 aliphatic heterocycles. The van der Waals surface area contributed by atoms with Crippen LogP contribution in [0.15, 0.2) is 48.5 Å². The molecule has 3 heterocycles. The van der Waals surface area contributed by atoms with Gasteiger partial charge in [-0.05, 0) is 60.2 Å². The normalized spacial score (nSPS) is 25.9. The van der Waals surface area contributed by atoms with Crippen molar-refractivity contribution in [1.82, 2.24) is 9.80 Å². The average Bonchev–Trinajstić information content (AvgIpc) is 3.51. The zero-order valence-corrected chi connectivity index (χ0v) is 21.6. The smallest absolute Gasteiger partial charge is 0.309 e. The van der Waals surface area contributed by atoms with E-state index in [1.54, 1.807) is 13.2 Å². The monoisotopic (exact) mass is 506 g/mol. The van der Waals surface area contributed by atoms with Crippen LogP contribution in [0.3, 0.4) is 0 Å². The Balaban J connectivity index is 1.59. The largest absolute Gasteiger partial charge is 0.497 e. The molecule has 2 saturated heterocycles. The third-order valence-corrected chi connectivity index (χ3v) is 7.97. The molecule has 0 aromatic heterocycles. The number of hydrogen-bond donors (Lipinski definition) is 1. The first-order valence-corrected chi connectivity index (χ1v) is 12.8. The average molecular weight is 507 g/mol. The van der Waals surface area contributed by atoms with Gasteiger partial charge in [-0.15, -0.1) is 0 Å². The highest BCUT2D eigenvalue weighted by Crippen LogP contribution is 2.49. The van der Waals surface area contributed by atoms with E-state index in [1.807, 2.05) is 48.4 Å². The second-order valence-corrected chi connectivity index (χ2v) is 10.9. The molecule has 1 N–H and O–H groups in total. The summed E-state index contributed by atoms with van der Waals surface area (Å²) < 4.78 is 16.4. The van der Waals surface area contributed by atoms with Crippen molar-refractivity contribution in [2.24, 2.45) is 11.3 Å². The Morgan fingerprint density at radius 2 is 1.89 bits per heavy atom. The van der Waals surface area contributed by atoms with Crippen LogP contribution in [0.25, 0.3) is 0 Å². The number of hydrogen-bond acceptors (Lipinski definition) is 7. The van der Waals surface area contributed by atoms with Crippen molar-refractivity contribution in [3.63, 3.8) is 0 Å². The van der Waals surface area contributed by atoms with E-state index in [-0.39, 0.29) is 24.3 Å². The second kappa shape index (κ2) is 10.2. The molecule has 0 aliphatic carbocycles. The van der Waals surface area contributed by atoms with Crippen LogP contribution in [0.2, 0.25) is 0 Å². The first-order valence-electron chi connectivity index (χ1n) is 12.8. The second-order valence-electron chi connectivity index (χ2n) is 10.9. The molecule has 0 saturated carbocycles. The Bertz CT molecular complexity index is 1190. The lowest BCUT2D eigenvalue weighted by Crippen LogP contribution is -2.53. The maximum atomic E-state index is 12.9. The third kappa shape index (κ3) is 4.97. The maximum absolute atomic E-state index is 12.9. The van der Waals surface area contributed by atoms with E-state index in [0.29, 0.717) is 23.8 Å². The maximum Gasteiger partial charge on any atom is 0.309 e. The lowest BCUT2D eigenvalue weighted by atomic mass is 9.82. The first-order chi connectivity index (χ1) is 17.8. The number of nitrogens with zero attached hydrogens (tertiary/aromatic N) is 2. The highest BCUT2D eigenvalue weighted by Gasteiger charge is 2.50. The van der Waals surface area contributed by atoms with Crippen LogP contribution in [0.1, 0.15) is 49.8 Å². The van der Waals surface area contributed by atoms with Crippen LogP contribution in [0, 0.1) is 11.3 Å². The molecule has 0 amide bonds. The Morgan fingerprint density at radius 3 is 2.57 bits per heavy atom. The molecule has 2 fully saturated rings. The molecular formula is C29H34N2O6. The van der Waals surface area contributed by atoms with E-state index >= 15 is 0 Å². The van der Waals surface area contributed by atoms with E-state index in [1.165, 1.54) is 0 Å². The summed E-state index contributed by atoms with van der Waals surface area (Å²) in [6.07, 6.45) is 3.31. The predicted octanol–water partition coefficient (Wildman–Crippen LogP) is 4.10. The van der Waals surface area contributed by atoms with Crippen LogP contribution >= 0.6 is 0 Å². The SMILES string of the molecule is COc1ccc(C2C(C(=O)O)C(c3ccc4c(c3)OCO4)CN2C(C=C=O)N2CCCC(C)(C)C2)cc1. The minimum Gasteiger partial charge on any atom is -0.497 e. The van der Waals surface area contributed by atoms with Crippen molar-refractivity contribution >= 4 is 11.9 Å². The van der Waals surface area contributed by atoms with Crippen LogP contribution in [0.5, 0.6) is 17.2 Å². The number of carbonyl (C=O) groups excluding carboxylic acids is 1. The summed E-state index contributed by atoms with van der Waals surface area (Å²) in [7, 11) is 1.61. The van der Waals surface area contributed by atoms with Crippen LogP contribution in [-0.2, 0) is 9.59 Å². The number of carbonyl (C=O) groups is 1. The number of piperidine rings is 1. The molecule has 3 aliphatic rings. The van der Waals surface area contributed by atoms with Crippen LogP contribution in [-0.4, -0.2) is 66.5 Å². The van der Waals surface area contributed by atoms with Gasteiger partial charge in [0.25, 0.3) is 0 Å². The van der Waals surface area contributed by atoms with Crippen molar-refractivity contribution in [1.29, 1.82) is 0 Å². The number of carboxylic acids is 1. The van der Waals surface area contributed by atoms with Crippen molar-refractivity contribution in [3.8, 4) is 17.2 Å². The number of likely N-dealkylation sites (tertiary alicyclic amines) is 2. The summed E-state index contributed by atoms with van der Waals surface area (Å²) in [5, 5.41) is 10.6. The lowest BCUT2D eigenvalue weighted by Gasteiger charge is -2.45. The molecule has 8 heteroatoms. The fourth-order valence-corrected chi connectivity index (χ4v) is 6.28. The quantitative estimate of drug-likeness (QED) is 0.562. The van der Waals surface area contributed by atoms with E-state index < -0.39 is 17.9 Å². The molecule has 0 spiro atoms. The molecule has 0 bridgehead atoms. The lowest BCUT2D eigenvalue weighted by molar-refractivity contribution is -0.143. The van der Waals surface area contributed by atoms with Gasteiger partial charge in [0.05, 0.1) is 25.2 Å². The van der Waals surface area contributed by atoms with Gasteiger partial charge in [0.15, 0.2) is 11.5 Å². The van der Waals surface area contributed by atoms with Crippen LogP contribution < -0.4 is 14.2 Å². The Kier molecular flexibility index (Phi) is 6.99. The van der Waals surface area contributed by atoms with Gasteiger partial charge in [0, 0.05) is 25.1 Å². The topological polar surface area (TPSA) is 88.5 Å². The zero-order valence-electron chi connectivity index (χ0n) is 21.6. The number of methoxy groups -OCH3 is 1. The van der Waals surface area contributed by atoms with Gasteiger partial charge in [0.2, 0.25) is 6.79 Å². The number of carboxylic acid groups (broad SMARTS) is 1. The van der Waals surface area contributed by atoms with E-state index in [9.17, 15) is 14.7 Å². The molecule has 4 unspecified atom stereocenters. The first kappa shape index (κ1) is 25.3. The summed E-state index contributed by atoms with van der Waals surface area (Å²) >= 11 is 0. The minimum absolute atomic E-state index is 0.103. The Labute approximate surface area is 217 Å². The summed E-state index contributed by atoms with van der Waals surface area (Å²) in [6, 6.07) is 12.8. The van der Waals surface area contributed by atoms with Gasteiger partial charge in [0.1, 0.15) is 11.7 Å². The van der Waals surface area contributed by atoms with Gasteiger partial charge in [-0.2, -0.15) is 0 Å². The Hall–Kier alpha value is -3.32. The van der Waals surface area contributed by atoms with Crippen molar-refractivity contribution < 1.29 is 28.9 Å². The molecular weight excluding hydrogens is 472 g/mol. The fourth-order valence-electron chi connectivity index (χ4n) is 6.28. The standard InChI is InChI=1S/C29H34N2O6/c1-29(2)12-4-13-30(17-29)25(11-14-32)31-16-22(20-7-10-23-24(15-20)37-18-36-23)26(28(33)34)27(31)19-5-8-21(35-3)9-6-19/h5-11,15,22,25-27H,4,12-13,16-18H2,1-3H3,(H,33,34). The minimum atomic E-state index is -0.876. The summed E-state index contributed by atoms with van der Waals surface area (Å²) in [6.45, 7) is 6.75. The number of fused-ring (bicyclic) bond motifs is 1. The molecule has 0 radical (unpaired) electrons. The predicted molar refractivity (Wildman–Crippen MR) is 138 cm³/mol. The van der Waals surface area contributed by atoms with Crippen molar-refractivity contribution in [2.75, 3.05) is 33.5 Å². The van der Waals surface area contributed by atoms with Gasteiger partial charge in [-0.1, -0.05) is 32.0 Å². The Morgan fingerprint density at radius 1 is 1.16 bits per heavy atom. The van der Waals surface area contributed by atoms with Gasteiger partial charge in [-0.3, -0.25) is 14.6 Å². The van der Waals surface area contributed by atoms with Crippen molar-refractivity contribution in [3.05, 3.63) is 59.7 Å². The highest BCUT2D eigenvalue weighted by atomic mass is 16.7. The number of aliphatic carboxylic acids is 1. The van der Waals surface area contributed by atoms with Gasteiger partial charge >= 0.3 is 5.97 Å². The van der Waals surface area contributed by atoms with E-state index in [2.05, 4.69) is 23.6 Å². The summed E-state index contributed by atoms with van der Waals surface area (Å²) in [5.41, 5.74) is 1.85.